The van der Waals surface area contributed by atoms with Gasteiger partial charge in [0.05, 0.1) is 22.8 Å². The van der Waals surface area contributed by atoms with Crippen LogP contribution in [-0.2, 0) is 4.79 Å². The first-order valence-corrected chi connectivity index (χ1v) is 10.8. The molecule has 0 bridgehead atoms. The Morgan fingerprint density at radius 1 is 1.12 bits per heavy atom. The fraction of sp³-hybridized carbons (Fsp3) is 0.217. The van der Waals surface area contributed by atoms with Crippen LogP contribution in [0.5, 0.6) is 0 Å². The molecule has 1 fully saturated rings. The van der Waals surface area contributed by atoms with Gasteiger partial charge >= 0.3 is 0 Å². The summed E-state index contributed by atoms with van der Waals surface area (Å²) in [4.78, 5) is 32.8. The van der Waals surface area contributed by atoms with E-state index in [2.05, 4.69) is 40.4 Å². The SMILES string of the molecule is O=C(Nc1cncc(-c2cnc3n[nH]c(-c4nc5ncccc5[nH]4)c3c2F)c1)C1CCCC1. The summed E-state index contributed by atoms with van der Waals surface area (Å²) >= 11 is 0. The molecule has 0 aromatic carbocycles. The number of amides is 1. The summed E-state index contributed by atoms with van der Waals surface area (Å²) in [5.41, 5.74) is 3.16. The number of rotatable bonds is 4. The van der Waals surface area contributed by atoms with E-state index in [1.807, 2.05) is 6.07 Å². The third kappa shape index (κ3) is 3.39. The van der Waals surface area contributed by atoms with Gasteiger partial charge in [0.15, 0.2) is 17.1 Å². The van der Waals surface area contributed by atoms with E-state index in [9.17, 15) is 4.79 Å². The van der Waals surface area contributed by atoms with Crippen molar-refractivity contribution in [2.75, 3.05) is 5.32 Å². The minimum atomic E-state index is -0.502. The largest absolute Gasteiger partial charge is 0.335 e. The minimum Gasteiger partial charge on any atom is -0.335 e. The molecule has 5 heterocycles. The van der Waals surface area contributed by atoms with Gasteiger partial charge in [-0.2, -0.15) is 5.10 Å². The van der Waals surface area contributed by atoms with Crippen molar-refractivity contribution in [1.82, 2.24) is 35.1 Å². The molecule has 0 unspecified atom stereocenters. The Bertz CT molecular complexity index is 1470. The second-order valence-corrected chi connectivity index (χ2v) is 8.18. The molecule has 0 spiro atoms. The zero-order valence-electron chi connectivity index (χ0n) is 17.5. The van der Waals surface area contributed by atoms with E-state index in [1.54, 1.807) is 30.7 Å². The topological polar surface area (TPSA) is 125 Å². The van der Waals surface area contributed by atoms with Crippen LogP contribution in [0.1, 0.15) is 25.7 Å². The Morgan fingerprint density at radius 2 is 2.00 bits per heavy atom. The third-order valence-corrected chi connectivity index (χ3v) is 6.06. The highest BCUT2D eigenvalue weighted by atomic mass is 19.1. The van der Waals surface area contributed by atoms with Crippen LogP contribution in [0.15, 0.2) is 43.0 Å². The number of halogens is 1. The average Bonchev–Trinajstić information content (AvgIpc) is 3.58. The van der Waals surface area contributed by atoms with Gasteiger partial charge in [0.1, 0.15) is 11.5 Å². The molecule has 33 heavy (non-hydrogen) atoms. The predicted molar refractivity (Wildman–Crippen MR) is 121 cm³/mol. The van der Waals surface area contributed by atoms with Crippen molar-refractivity contribution < 1.29 is 9.18 Å². The van der Waals surface area contributed by atoms with Crippen LogP contribution >= 0.6 is 0 Å². The molecule has 1 aliphatic carbocycles. The second-order valence-electron chi connectivity index (χ2n) is 8.18. The van der Waals surface area contributed by atoms with Crippen molar-refractivity contribution in [2.45, 2.75) is 25.7 Å². The normalized spacial score (nSPS) is 14.3. The number of imidazole rings is 1. The Labute approximate surface area is 186 Å². The lowest BCUT2D eigenvalue weighted by Crippen LogP contribution is -2.20. The van der Waals surface area contributed by atoms with Crippen LogP contribution in [0, 0.1) is 11.7 Å². The number of pyridine rings is 3. The molecule has 9 nitrogen and oxygen atoms in total. The van der Waals surface area contributed by atoms with Crippen LogP contribution in [0.4, 0.5) is 10.1 Å². The summed E-state index contributed by atoms with van der Waals surface area (Å²) in [7, 11) is 0. The number of hydrogen-bond acceptors (Lipinski definition) is 6. The van der Waals surface area contributed by atoms with Gasteiger partial charge in [-0.1, -0.05) is 12.8 Å². The number of aromatic nitrogens is 7. The van der Waals surface area contributed by atoms with Crippen molar-refractivity contribution in [1.29, 1.82) is 0 Å². The summed E-state index contributed by atoms with van der Waals surface area (Å²) in [5, 5.41) is 10.1. The number of aromatic amines is 2. The fourth-order valence-electron chi connectivity index (χ4n) is 4.37. The lowest BCUT2D eigenvalue weighted by molar-refractivity contribution is -0.119. The first kappa shape index (κ1) is 19.5. The van der Waals surface area contributed by atoms with Gasteiger partial charge < -0.3 is 10.3 Å². The maximum atomic E-state index is 15.8. The van der Waals surface area contributed by atoms with Crippen LogP contribution < -0.4 is 5.32 Å². The van der Waals surface area contributed by atoms with E-state index >= 15 is 4.39 Å². The number of H-pyrrole nitrogens is 2. The molecule has 1 aliphatic rings. The van der Waals surface area contributed by atoms with Crippen LogP contribution in [-0.4, -0.2) is 41.0 Å². The highest BCUT2D eigenvalue weighted by Gasteiger charge is 2.23. The molecule has 1 saturated carbocycles. The Hall–Kier alpha value is -4.21. The summed E-state index contributed by atoms with van der Waals surface area (Å²) in [6.45, 7) is 0. The van der Waals surface area contributed by atoms with E-state index in [1.165, 1.54) is 6.20 Å². The molecular formula is C23H19FN8O. The smallest absolute Gasteiger partial charge is 0.227 e. The fourth-order valence-corrected chi connectivity index (χ4v) is 4.37. The highest BCUT2D eigenvalue weighted by Crippen LogP contribution is 2.33. The first-order chi connectivity index (χ1) is 16.2. The molecule has 5 aromatic rings. The van der Waals surface area contributed by atoms with Gasteiger partial charge in [-0.05, 0) is 31.0 Å². The van der Waals surface area contributed by atoms with Crippen LogP contribution in [0.2, 0.25) is 0 Å². The van der Waals surface area contributed by atoms with Crippen molar-refractivity contribution in [3.63, 3.8) is 0 Å². The maximum absolute atomic E-state index is 15.8. The van der Waals surface area contributed by atoms with Gasteiger partial charge in [0.2, 0.25) is 5.91 Å². The van der Waals surface area contributed by atoms with Crippen LogP contribution in [0.25, 0.3) is 44.8 Å². The zero-order chi connectivity index (χ0) is 22.4. The summed E-state index contributed by atoms with van der Waals surface area (Å²) in [6.07, 6.45) is 10.1. The molecule has 0 radical (unpaired) electrons. The van der Waals surface area contributed by atoms with Gasteiger partial charge in [-0.15, -0.1) is 0 Å². The van der Waals surface area contributed by atoms with Gasteiger partial charge in [-0.3, -0.25) is 14.9 Å². The number of fused-ring (bicyclic) bond motifs is 2. The molecule has 0 aliphatic heterocycles. The third-order valence-electron chi connectivity index (χ3n) is 6.06. The zero-order valence-corrected chi connectivity index (χ0v) is 17.5. The van der Waals surface area contributed by atoms with Crippen molar-refractivity contribution in [3.8, 4) is 22.6 Å². The lowest BCUT2D eigenvalue weighted by atomic mass is 10.1. The van der Waals surface area contributed by atoms with Crippen molar-refractivity contribution >= 4 is 33.8 Å². The predicted octanol–water partition coefficient (Wildman–Crippen LogP) is 4.23. The summed E-state index contributed by atoms with van der Waals surface area (Å²) < 4.78 is 15.8. The highest BCUT2D eigenvalue weighted by molar-refractivity contribution is 5.95. The standard InChI is InChI=1S/C23H19FN8O/c24-18-15(13-8-14(10-25-9-13)28-23(33)12-4-1-2-5-12)11-27-21-17(18)19(31-32-21)22-29-16-6-3-7-26-20(16)30-22/h3,6-12H,1-2,4-5H2,(H,28,33)(H,26,29,30)(H,27,31,32). The molecule has 10 heteroatoms. The monoisotopic (exact) mass is 442 g/mol. The Balaban J connectivity index is 1.39. The van der Waals surface area contributed by atoms with E-state index in [0.29, 0.717) is 28.4 Å². The molecule has 3 N–H and O–H groups in total. The lowest BCUT2D eigenvalue weighted by Gasteiger charge is -2.11. The van der Waals surface area contributed by atoms with E-state index in [4.69, 9.17) is 0 Å². The molecule has 0 atom stereocenters. The number of hydrogen-bond donors (Lipinski definition) is 3. The maximum Gasteiger partial charge on any atom is 0.227 e. The van der Waals surface area contributed by atoms with Gasteiger partial charge in [-0.25, -0.2) is 19.3 Å². The first-order valence-electron chi connectivity index (χ1n) is 10.8. The molecule has 5 aromatic heterocycles. The van der Waals surface area contributed by atoms with Crippen molar-refractivity contribution in [3.05, 3.63) is 48.8 Å². The summed E-state index contributed by atoms with van der Waals surface area (Å²) in [5.74, 6) is -0.0794. The van der Waals surface area contributed by atoms with Gasteiger partial charge in [0, 0.05) is 35.6 Å². The van der Waals surface area contributed by atoms with Gasteiger partial charge in [0.25, 0.3) is 0 Å². The van der Waals surface area contributed by atoms with Crippen LogP contribution in [0.3, 0.4) is 0 Å². The molecule has 6 rings (SSSR count). The molecule has 1 amide bonds. The number of nitrogens with one attached hydrogen (secondary N) is 3. The van der Waals surface area contributed by atoms with E-state index in [-0.39, 0.29) is 28.4 Å². The quantitative estimate of drug-likeness (QED) is 0.383. The minimum absolute atomic E-state index is 0.0175. The van der Waals surface area contributed by atoms with E-state index in [0.717, 1.165) is 31.2 Å². The molecule has 0 saturated heterocycles. The van der Waals surface area contributed by atoms with Crippen molar-refractivity contribution in [2.24, 2.45) is 5.92 Å². The number of nitrogens with zero attached hydrogens (tertiary/aromatic N) is 5. The molecule has 164 valence electrons. The number of carbonyl (C=O) groups excluding carboxylic acids is 1. The summed E-state index contributed by atoms with van der Waals surface area (Å²) in [6, 6.07) is 5.34. The Kier molecular flexibility index (Phi) is 4.56. The number of carbonyl (C=O) groups is 1. The molecular weight excluding hydrogens is 423 g/mol. The average molecular weight is 442 g/mol. The Morgan fingerprint density at radius 3 is 2.85 bits per heavy atom. The second kappa shape index (κ2) is 7.73. The number of anilines is 1. The van der Waals surface area contributed by atoms with E-state index < -0.39 is 5.82 Å².